The third-order valence-corrected chi connectivity index (χ3v) is 3.78. The Morgan fingerprint density at radius 2 is 2.00 bits per heavy atom. The molecule has 2 aromatic carbocycles. The molecule has 0 aliphatic carbocycles. The molecular formula is C16H18ClFN2O. The second-order valence-corrected chi connectivity index (χ2v) is 5.11. The molecule has 0 radical (unpaired) electrons. The summed E-state index contributed by atoms with van der Waals surface area (Å²) in [5.74, 6) is 0.311. The van der Waals surface area contributed by atoms with Crippen LogP contribution in [0.2, 0.25) is 5.02 Å². The van der Waals surface area contributed by atoms with Crippen molar-refractivity contribution in [3.63, 3.8) is 0 Å². The number of halogens is 2. The van der Waals surface area contributed by atoms with Gasteiger partial charge in [-0.1, -0.05) is 29.8 Å². The predicted molar refractivity (Wildman–Crippen MR) is 84.6 cm³/mol. The first-order valence-corrected chi connectivity index (χ1v) is 6.97. The molecule has 1 unspecified atom stereocenters. The van der Waals surface area contributed by atoms with E-state index in [1.807, 2.05) is 36.2 Å². The summed E-state index contributed by atoms with van der Waals surface area (Å²) < 4.78 is 19.4. The Labute approximate surface area is 129 Å². The lowest BCUT2D eigenvalue weighted by Gasteiger charge is -2.30. The number of hydrogen-bond donors (Lipinski definition) is 1. The van der Waals surface area contributed by atoms with Gasteiger partial charge in [0.05, 0.1) is 18.2 Å². The van der Waals surface area contributed by atoms with Crippen molar-refractivity contribution in [1.82, 2.24) is 0 Å². The molecule has 0 fully saturated rings. The number of nitrogens with zero attached hydrogens (tertiary/aromatic N) is 1. The Hall–Kier alpha value is -1.78. The molecule has 0 spiro atoms. The molecule has 1 atom stereocenters. The zero-order valence-corrected chi connectivity index (χ0v) is 12.8. The predicted octanol–water partition coefficient (Wildman–Crippen LogP) is 3.62. The normalized spacial score (nSPS) is 12.0. The molecule has 112 valence electrons. The van der Waals surface area contributed by atoms with Crippen LogP contribution in [0, 0.1) is 5.82 Å². The number of nitrogens with two attached hydrogens (primary N) is 1. The molecule has 0 heterocycles. The highest BCUT2D eigenvalue weighted by Gasteiger charge is 2.21. The van der Waals surface area contributed by atoms with Crippen LogP contribution in [-0.4, -0.2) is 20.7 Å². The van der Waals surface area contributed by atoms with Crippen molar-refractivity contribution in [2.45, 2.75) is 6.04 Å². The van der Waals surface area contributed by atoms with Crippen molar-refractivity contribution in [2.75, 3.05) is 25.6 Å². The summed E-state index contributed by atoms with van der Waals surface area (Å²) in [6, 6.07) is 12.2. The van der Waals surface area contributed by atoms with Gasteiger partial charge in [-0.3, -0.25) is 0 Å². The summed E-state index contributed by atoms with van der Waals surface area (Å²) in [5.41, 5.74) is 7.22. The van der Waals surface area contributed by atoms with Gasteiger partial charge in [0, 0.05) is 30.9 Å². The Morgan fingerprint density at radius 1 is 1.29 bits per heavy atom. The minimum Gasteiger partial charge on any atom is -0.497 e. The fourth-order valence-corrected chi connectivity index (χ4v) is 2.46. The standard InChI is InChI=1S/C16H18ClFN2O/c1-20(11-5-3-6-12(9-11)21-2)15(10-19)13-7-4-8-14(17)16(13)18/h3-9,15H,10,19H2,1-2H3. The van der Waals surface area contributed by atoms with E-state index in [9.17, 15) is 4.39 Å². The highest BCUT2D eigenvalue weighted by atomic mass is 35.5. The second kappa shape index (κ2) is 6.78. The average molecular weight is 309 g/mol. The Bertz CT molecular complexity index is 621. The minimum absolute atomic E-state index is 0.102. The van der Waals surface area contributed by atoms with E-state index in [0.717, 1.165) is 11.4 Å². The van der Waals surface area contributed by atoms with Crippen LogP contribution in [0.25, 0.3) is 0 Å². The summed E-state index contributed by atoms with van der Waals surface area (Å²) >= 11 is 5.86. The van der Waals surface area contributed by atoms with Crippen molar-refractivity contribution < 1.29 is 9.13 Å². The lowest BCUT2D eigenvalue weighted by molar-refractivity contribution is 0.414. The summed E-state index contributed by atoms with van der Waals surface area (Å²) in [7, 11) is 3.48. The van der Waals surface area contributed by atoms with Crippen molar-refractivity contribution in [3.8, 4) is 5.75 Å². The van der Waals surface area contributed by atoms with Crippen LogP contribution in [0.1, 0.15) is 11.6 Å². The van der Waals surface area contributed by atoms with Crippen molar-refractivity contribution in [2.24, 2.45) is 5.73 Å². The van der Waals surface area contributed by atoms with E-state index in [-0.39, 0.29) is 17.6 Å². The highest BCUT2D eigenvalue weighted by Crippen LogP contribution is 2.30. The second-order valence-electron chi connectivity index (χ2n) is 4.71. The summed E-state index contributed by atoms with van der Waals surface area (Å²) in [6.07, 6.45) is 0. The van der Waals surface area contributed by atoms with Gasteiger partial charge in [0.15, 0.2) is 0 Å². The molecule has 0 saturated heterocycles. The molecule has 2 N–H and O–H groups in total. The number of hydrogen-bond acceptors (Lipinski definition) is 3. The molecule has 0 aromatic heterocycles. The van der Waals surface area contributed by atoms with Gasteiger partial charge in [-0.15, -0.1) is 0 Å². The number of likely N-dealkylation sites (N-methyl/N-ethyl adjacent to an activating group) is 1. The van der Waals surface area contributed by atoms with Crippen molar-refractivity contribution in [3.05, 3.63) is 58.9 Å². The lowest BCUT2D eigenvalue weighted by Crippen LogP contribution is -2.31. The molecule has 5 heteroatoms. The van der Waals surface area contributed by atoms with Crippen molar-refractivity contribution >= 4 is 17.3 Å². The molecular weight excluding hydrogens is 291 g/mol. The van der Waals surface area contributed by atoms with Crippen LogP contribution in [-0.2, 0) is 0 Å². The van der Waals surface area contributed by atoms with E-state index in [1.54, 1.807) is 19.2 Å². The molecule has 21 heavy (non-hydrogen) atoms. The van der Waals surface area contributed by atoms with Crippen LogP contribution in [0.15, 0.2) is 42.5 Å². The maximum atomic E-state index is 14.2. The van der Waals surface area contributed by atoms with Crippen LogP contribution < -0.4 is 15.4 Å². The third kappa shape index (κ3) is 3.28. The number of rotatable bonds is 5. The fourth-order valence-electron chi connectivity index (χ4n) is 2.28. The van der Waals surface area contributed by atoms with Crippen LogP contribution >= 0.6 is 11.6 Å². The molecule has 0 amide bonds. The van der Waals surface area contributed by atoms with Crippen LogP contribution in [0.3, 0.4) is 0 Å². The molecule has 3 nitrogen and oxygen atoms in total. The number of benzene rings is 2. The maximum absolute atomic E-state index is 14.2. The molecule has 2 aromatic rings. The first-order valence-electron chi connectivity index (χ1n) is 6.59. The highest BCUT2D eigenvalue weighted by molar-refractivity contribution is 6.30. The van der Waals surface area contributed by atoms with Gasteiger partial charge in [-0.25, -0.2) is 4.39 Å². The van der Waals surface area contributed by atoms with Gasteiger partial charge in [-0.05, 0) is 18.2 Å². The van der Waals surface area contributed by atoms with E-state index >= 15 is 0 Å². The van der Waals surface area contributed by atoms with E-state index in [0.29, 0.717) is 5.56 Å². The van der Waals surface area contributed by atoms with E-state index < -0.39 is 5.82 Å². The van der Waals surface area contributed by atoms with Gasteiger partial charge in [0.2, 0.25) is 0 Å². The third-order valence-electron chi connectivity index (χ3n) is 3.49. The molecule has 2 rings (SSSR count). The molecule has 0 saturated carbocycles. The topological polar surface area (TPSA) is 38.5 Å². The SMILES string of the molecule is COc1cccc(N(C)C(CN)c2cccc(Cl)c2F)c1. The first-order chi connectivity index (χ1) is 10.1. The first kappa shape index (κ1) is 15.6. The quantitative estimate of drug-likeness (QED) is 0.917. The van der Waals surface area contributed by atoms with Gasteiger partial charge in [0.1, 0.15) is 11.6 Å². The molecule has 0 aliphatic heterocycles. The Balaban J connectivity index is 2.38. The number of methoxy groups -OCH3 is 1. The summed E-state index contributed by atoms with van der Waals surface area (Å²) in [5, 5.41) is 0.102. The van der Waals surface area contributed by atoms with Gasteiger partial charge < -0.3 is 15.4 Å². The molecule has 0 aliphatic rings. The number of ether oxygens (including phenoxy) is 1. The monoisotopic (exact) mass is 308 g/mol. The van der Waals surface area contributed by atoms with Gasteiger partial charge in [0.25, 0.3) is 0 Å². The van der Waals surface area contributed by atoms with Gasteiger partial charge >= 0.3 is 0 Å². The Morgan fingerprint density at radius 3 is 2.67 bits per heavy atom. The maximum Gasteiger partial charge on any atom is 0.147 e. The largest absolute Gasteiger partial charge is 0.497 e. The Kier molecular flexibility index (Phi) is 5.04. The van der Waals surface area contributed by atoms with Crippen molar-refractivity contribution in [1.29, 1.82) is 0 Å². The minimum atomic E-state index is -0.427. The van der Waals surface area contributed by atoms with Crippen LogP contribution in [0.5, 0.6) is 5.75 Å². The zero-order chi connectivity index (χ0) is 15.4. The molecule has 0 bridgehead atoms. The summed E-state index contributed by atoms with van der Waals surface area (Å²) in [4.78, 5) is 1.91. The average Bonchev–Trinajstić information content (AvgIpc) is 2.52. The van der Waals surface area contributed by atoms with Crippen LogP contribution in [0.4, 0.5) is 10.1 Å². The van der Waals surface area contributed by atoms with E-state index in [1.165, 1.54) is 6.07 Å². The lowest BCUT2D eigenvalue weighted by atomic mass is 10.0. The van der Waals surface area contributed by atoms with Gasteiger partial charge in [-0.2, -0.15) is 0 Å². The zero-order valence-electron chi connectivity index (χ0n) is 12.0. The smallest absolute Gasteiger partial charge is 0.147 e. The summed E-state index contributed by atoms with van der Waals surface area (Å²) in [6.45, 7) is 0.269. The van der Waals surface area contributed by atoms with E-state index in [2.05, 4.69) is 0 Å². The fraction of sp³-hybridized carbons (Fsp3) is 0.250. The number of anilines is 1. The van der Waals surface area contributed by atoms with E-state index in [4.69, 9.17) is 22.1 Å².